The Balaban J connectivity index is 1.72. The maximum Gasteiger partial charge on any atom is 0.254 e. The summed E-state index contributed by atoms with van der Waals surface area (Å²) in [7, 11) is 0. The largest absolute Gasteiger partial charge is 0.371 e. The van der Waals surface area contributed by atoms with Gasteiger partial charge in [0.2, 0.25) is 0 Å². The van der Waals surface area contributed by atoms with Crippen molar-refractivity contribution in [1.29, 1.82) is 0 Å². The Morgan fingerprint density at radius 2 is 2.04 bits per heavy atom. The van der Waals surface area contributed by atoms with Gasteiger partial charge in [0.1, 0.15) is 0 Å². The Morgan fingerprint density at radius 3 is 2.65 bits per heavy atom. The van der Waals surface area contributed by atoms with Crippen molar-refractivity contribution >= 4 is 5.91 Å². The molecule has 0 saturated carbocycles. The quantitative estimate of drug-likeness (QED) is 0.847. The lowest BCUT2D eigenvalue weighted by atomic mass is 10.0. The third-order valence-electron chi connectivity index (χ3n) is 5.05. The van der Waals surface area contributed by atoms with Crippen molar-refractivity contribution in [1.82, 2.24) is 15.1 Å². The Morgan fingerprint density at radius 1 is 1.27 bits per heavy atom. The molecule has 0 radical (unpaired) electrons. The minimum absolute atomic E-state index is 0.0941. The lowest BCUT2D eigenvalue weighted by Gasteiger charge is -2.40. The van der Waals surface area contributed by atoms with E-state index >= 15 is 0 Å². The van der Waals surface area contributed by atoms with Gasteiger partial charge in [0.05, 0.1) is 17.9 Å². The number of nitrogens with zero attached hydrogens (tertiary/aromatic N) is 2. The molecule has 0 aliphatic carbocycles. The number of nitrogens with one attached hydrogen (secondary N) is 1. The molecule has 1 amide bonds. The predicted molar refractivity (Wildman–Crippen MR) is 103 cm³/mol. The Bertz CT molecular complexity index is 695. The van der Waals surface area contributed by atoms with E-state index in [4.69, 9.17) is 4.74 Å². The highest BCUT2D eigenvalue weighted by Gasteiger charge is 2.32. The fourth-order valence-electron chi connectivity index (χ4n) is 3.39. The number of hydrogen-bond acceptors (Lipinski definition) is 3. The summed E-state index contributed by atoms with van der Waals surface area (Å²) in [4.78, 5) is 15.0. The lowest BCUT2D eigenvalue weighted by molar-refractivity contribution is -0.0962. The molecule has 1 aliphatic heterocycles. The Hall–Kier alpha value is -2.14. The SMILES string of the molecule is CCCC[C@@H]1CN(C(=O)c2ccc(-c3ccn[nH]3)cc2)C[C@H](C(C)C)O1. The lowest BCUT2D eigenvalue weighted by Crippen LogP contribution is -2.51. The average Bonchev–Trinajstić information content (AvgIpc) is 3.20. The number of aromatic amines is 1. The molecule has 0 spiro atoms. The van der Waals surface area contributed by atoms with Gasteiger partial charge in [-0.1, -0.05) is 45.7 Å². The minimum atomic E-state index is 0.0941. The first-order valence-corrected chi connectivity index (χ1v) is 9.63. The van der Waals surface area contributed by atoms with Crippen LogP contribution in [0.2, 0.25) is 0 Å². The molecule has 0 bridgehead atoms. The molecule has 5 heteroatoms. The highest BCUT2D eigenvalue weighted by molar-refractivity contribution is 5.94. The monoisotopic (exact) mass is 355 g/mol. The molecule has 1 fully saturated rings. The topological polar surface area (TPSA) is 58.2 Å². The van der Waals surface area contributed by atoms with E-state index in [1.54, 1.807) is 6.20 Å². The van der Waals surface area contributed by atoms with Crippen molar-refractivity contribution in [2.75, 3.05) is 13.1 Å². The second-order valence-electron chi connectivity index (χ2n) is 7.44. The maximum atomic E-state index is 13.0. The fourth-order valence-corrected chi connectivity index (χ4v) is 3.39. The zero-order valence-electron chi connectivity index (χ0n) is 15.9. The van der Waals surface area contributed by atoms with E-state index in [1.165, 1.54) is 0 Å². The Kier molecular flexibility index (Phi) is 6.09. The molecule has 140 valence electrons. The van der Waals surface area contributed by atoms with Crippen LogP contribution in [0.1, 0.15) is 50.4 Å². The molecular formula is C21H29N3O2. The van der Waals surface area contributed by atoms with Crippen LogP contribution in [0.15, 0.2) is 36.5 Å². The van der Waals surface area contributed by atoms with Gasteiger partial charge < -0.3 is 9.64 Å². The van der Waals surface area contributed by atoms with Crippen LogP contribution < -0.4 is 0 Å². The van der Waals surface area contributed by atoms with Crippen molar-refractivity contribution < 1.29 is 9.53 Å². The summed E-state index contributed by atoms with van der Waals surface area (Å²) in [5, 5.41) is 6.92. The summed E-state index contributed by atoms with van der Waals surface area (Å²) in [6, 6.07) is 9.66. The molecule has 0 unspecified atom stereocenters. The molecule has 1 aromatic carbocycles. The van der Waals surface area contributed by atoms with Gasteiger partial charge in [-0.2, -0.15) is 5.10 Å². The second kappa shape index (κ2) is 8.49. The molecule has 2 heterocycles. The first-order valence-electron chi connectivity index (χ1n) is 9.63. The predicted octanol–water partition coefficient (Wildman–Crippen LogP) is 4.13. The van der Waals surface area contributed by atoms with Gasteiger partial charge in [-0.25, -0.2) is 0 Å². The number of H-pyrrole nitrogens is 1. The molecule has 2 atom stereocenters. The van der Waals surface area contributed by atoms with Gasteiger partial charge in [0, 0.05) is 24.8 Å². The van der Waals surface area contributed by atoms with Gasteiger partial charge >= 0.3 is 0 Å². The molecule has 1 aliphatic rings. The van der Waals surface area contributed by atoms with Crippen LogP contribution in [-0.4, -0.2) is 46.3 Å². The number of rotatable bonds is 6. The number of amides is 1. The fraction of sp³-hybridized carbons (Fsp3) is 0.524. The zero-order chi connectivity index (χ0) is 18.5. The van der Waals surface area contributed by atoms with Crippen molar-refractivity contribution in [3.05, 3.63) is 42.1 Å². The Labute approximate surface area is 155 Å². The van der Waals surface area contributed by atoms with Crippen molar-refractivity contribution in [2.45, 2.75) is 52.2 Å². The van der Waals surface area contributed by atoms with Crippen LogP contribution >= 0.6 is 0 Å². The summed E-state index contributed by atoms with van der Waals surface area (Å²) in [5.41, 5.74) is 2.71. The van der Waals surface area contributed by atoms with E-state index in [9.17, 15) is 4.79 Å². The number of benzene rings is 1. The van der Waals surface area contributed by atoms with E-state index in [0.29, 0.717) is 19.0 Å². The highest BCUT2D eigenvalue weighted by Crippen LogP contribution is 2.23. The van der Waals surface area contributed by atoms with E-state index in [0.717, 1.165) is 36.1 Å². The van der Waals surface area contributed by atoms with Gasteiger partial charge in [-0.3, -0.25) is 9.89 Å². The zero-order valence-corrected chi connectivity index (χ0v) is 15.9. The van der Waals surface area contributed by atoms with Crippen LogP contribution in [0, 0.1) is 5.92 Å². The van der Waals surface area contributed by atoms with Crippen LogP contribution in [0.4, 0.5) is 0 Å². The highest BCUT2D eigenvalue weighted by atomic mass is 16.5. The van der Waals surface area contributed by atoms with Gasteiger partial charge in [0.15, 0.2) is 0 Å². The molecule has 1 saturated heterocycles. The number of carbonyl (C=O) groups excluding carboxylic acids is 1. The number of aromatic nitrogens is 2. The van der Waals surface area contributed by atoms with Crippen molar-refractivity contribution in [3.8, 4) is 11.3 Å². The molecule has 26 heavy (non-hydrogen) atoms. The first kappa shape index (κ1) is 18.6. The molecule has 1 aromatic heterocycles. The molecule has 5 nitrogen and oxygen atoms in total. The van der Waals surface area contributed by atoms with Crippen molar-refractivity contribution in [2.24, 2.45) is 5.92 Å². The van der Waals surface area contributed by atoms with E-state index in [-0.39, 0.29) is 18.1 Å². The molecule has 3 rings (SSSR count). The van der Waals surface area contributed by atoms with Gasteiger partial charge in [-0.05, 0) is 36.1 Å². The van der Waals surface area contributed by atoms with Gasteiger partial charge in [0.25, 0.3) is 5.91 Å². The minimum Gasteiger partial charge on any atom is -0.371 e. The third kappa shape index (κ3) is 4.33. The summed E-state index contributed by atoms with van der Waals surface area (Å²) in [5.74, 6) is 0.495. The van der Waals surface area contributed by atoms with Crippen molar-refractivity contribution in [3.63, 3.8) is 0 Å². The second-order valence-corrected chi connectivity index (χ2v) is 7.44. The van der Waals surface area contributed by atoms with Crippen LogP contribution in [0.3, 0.4) is 0 Å². The number of hydrogen-bond donors (Lipinski definition) is 1. The van der Waals surface area contributed by atoms with E-state index in [1.807, 2.05) is 35.2 Å². The van der Waals surface area contributed by atoms with E-state index in [2.05, 4.69) is 31.0 Å². The van der Waals surface area contributed by atoms with Crippen LogP contribution in [-0.2, 0) is 4.74 Å². The number of morpholine rings is 1. The standard InChI is InChI=1S/C21H29N3O2/c1-4-5-6-18-13-24(14-20(26-18)15(2)3)21(25)17-9-7-16(8-10-17)19-11-12-22-23-19/h7-12,15,18,20H,4-6,13-14H2,1-3H3,(H,22,23)/t18-,20-/m1/s1. The number of unbranched alkanes of at least 4 members (excludes halogenated alkanes) is 1. The first-order chi connectivity index (χ1) is 12.6. The number of ether oxygens (including phenoxy) is 1. The summed E-state index contributed by atoms with van der Waals surface area (Å²) in [6.07, 6.45) is 5.28. The summed E-state index contributed by atoms with van der Waals surface area (Å²) < 4.78 is 6.23. The molecule has 1 N–H and O–H groups in total. The average molecular weight is 355 g/mol. The third-order valence-corrected chi connectivity index (χ3v) is 5.05. The molecule has 2 aromatic rings. The smallest absolute Gasteiger partial charge is 0.254 e. The van der Waals surface area contributed by atoms with Gasteiger partial charge in [-0.15, -0.1) is 0 Å². The summed E-state index contributed by atoms with van der Waals surface area (Å²) >= 11 is 0. The summed E-state index contributed by atoms with van der Waals surface area (Å²) in [6.45, 7) is 7.86. The van der Waals surface area contributed by atoms with Crippen LogP contribution in [0.25, 0.3) is 11.3 Å². The molecular weight excluding hydrogens is 326 g/mol. The number of carbonyl (C=O) groups is 1. The maximum absolute atomic E-state index is 13.0. The van der Waals surface area contributed by atoms with Crippen LogP contribution in [0.5, 0.6) is 0 Å². The normalized spacial score (nSPS) is 20.5. The van der Waals surface area contributed by atoms with E-state index < -0.39 is 0 Å².